The standard InChI is InChI=1S/C9H12N2O3S/c10-9(14)8-3-7(1-2-11-8)15-5-6(13)4-12/h1-3,6,12-13H,4-5H2,(H2,10,14). The molecule has 0 aromatic carbocycles. The van der Waals surface area contributed by atoms with Gasteiger partial charge in [-0.1, -0.05) is 0 Å². The molecule has 0 aliphatic carbocycles. The molecule has 0 aliphatic heterocycles. The Bertz CT molecular complexity index is 346. The summed E-state index contributed by atoms with van der Waals surface area (Å²) in [6.45, 7) is -0.277. The molecule has 1 rings (SSSR count). The van der Waals surface area contributed by atoms with E-state index in [-0.39, 0.29) is 12.3 Å². The summed E-state index contributed by atoms with van der Waals surface area (Å²) >= 11 is 1.33. The monoisotopic (exact) mass is 228 g/mol. The van der Waals surface area contributed by atoms with Crippen molar-refractivity contribution in [3.05, 3.63) is 24.0 Å². The van der Waals surface area contributed by atoms with E-state index in [9.17, 15) is 4.79 Å². The summed E-state index contributed by atoms with van der Waals surface area (Å²) in [4.78, 5) is 15.4. The minimum Gasteiger partial charge on any atom is -0.394 e. The molecule has 0 saturated carbocycles. The second kappa shape index (κ2) is 5.69. The average molecular weight is 228 g/mol. The van der Waals surface area contributed by atoms with Crippen molar-refractivity contribution >= 4 is 17.7 Å². The Morgan fingerprint density at radius 2 is 2.40 bits per heavy atom. The first-order chi connectivity index (χ1) is 7.13. The number of amides is 1. The fourth-order valence-electron chi connectivity index (χ4n) is 0.881. The predicted octanol–water partition coefficient (Wildman–Crippen LogP) is -0.374. The molecule has 1 atom stereocenters. The highest BCUT2D eigenvalue weighted by Gasteiger charge is 2.06. The summed E-state index contributed by atoms with van der Waals surface area (Å²) in [5.41, 5.74) is 5.26. The number of rotatable bonds is 5. The Morgan fingerprint density at radius 3 is 3.00 bits per heavy atom. The fourth-order valence-corrected chi connectivity index (χ4v) is 1.72. The Hall–Kier alpha value is -1.11. The van der Waals surface area contributed by atoms with Gasteiger partial charge in [0.15, 0.2) is 0 Å². The number of hydrogen-bond donors (Lipinski definition) is 3. The molecule has 1 unspecified atom stereocenters. The van der Waals surface area contributed by atoms with E-state index in [1.807, 2.05) is 0 Å². The number of primary amides is 1. The van der Waals surface area contributed by atoms with Crippen LogP contribution in [0.5, 0.6) is 0 Å². The highest BCUT2D eigenvalue weighted by molar-refractivity contribution is 7.99. The number of pyridine rings is 1. The van der Waals surface area contributed by atoms with Gasteiger partial charge < -0.3 is 15.9 Å². The van der Waals surface area contributed by atoms with Gasteiger partial charge in [0.2, 0.25) is 0 Å². The highest BCUT2D eigenvalue weighted by atomic mass is 32.2. The number of carbonyl (C=O) groups is 1. The van der Waals surface area contributed by atoms with Crippen LogP contribution in [0.2, 0.25) is 0 Å². The van der Waals surface area contributed by atoms with Crippen LogP contribution in [0.4, 0.5) is 0 Å². The number of hydrogen-bond acceptors (Lipinski definition) is 5. The van der Waals surface area contributed by atoms with Crippen LogP contribution in [0, 0.1) is 0 Å². The molecular formula is C9H12N2O3S. The van der Waals surface area contributed by atoms with Crippen LogP contribution in [-0.4, -0.2) is 39.6 Å². The topological polar surface area (TPSA) is 96.4 Å². The smallest absolute Gasteiger partial charge is 0.267 e. The molecule has 1 aromatic heterocycles. The molecule has 0 fully saturated rings. The van der Waals surface area contributed by atoms with Crippen LogP contribution < -0.4 is 5.73 Å². The molecule has 0 bridgehead atoms. The highest BCUT2D eigenvalue weighted by Crippen LogP contribution is 2.18. The lowest BCUT2D eigenvalue weighted by molar-refractivity contribution is 0.0995. The van der Waals surface area contributed by atoms with Gasteiger partial charge in [0.25, 0.3) is 5.91 Å². The van der Waals surface area contributed by atoms with Gasteiger partial charge in [0.1, 0.15) is 5.69 Å². The minimum atomic E-state index is -0.764. The summed E-state index contributed by atoms with van der Waals surface area (Å²) in [7, 11) is 0. The summed E-state index contributed by atoms with van der Waals surface area (Å²) in [5, 5.41) is 17.7. The van der Waals surface area contributed by atoms with Gasteiger partial charge in [-0.25, -0.2) is 0 Å². The van der Waals surface area contributed by atoms with Crippen LogP contribution in [-0.2, 0) is 0 Å². The second-order valence-electron chi connectivity index (χ2n) is 2.89. The van der Waals surface area contributed by atoms with Crippen LogP contribution in [0.25, 0.3) is 0 Å². The van der Waals surface area contributed by atoms with Gasteiger partial charge in [-0.05, 0) is 12.1 Å². The van der Waals surface area contributed by atoms with E-state index in [0.717, 1.165) is 4.90 Å². The van der Waals surface area contributed by atoms with Crippen molar-refractivity contribution in [2.75, 3.05) is 12.4 Å². The van der Waals surface area contributed by atoms with Gasteiger partial charge in [0.05, 0.1) is 12.7 Å². The number of carbonyl (C=O) groups excluding carboxylic acids is 1. The fraction of sp³-hybridized carbons (Fsp3) is 0.333. The predicted molar refractivity (Wildman–Crippen MR) is 56.6 cm³/mol. The average Bonchev–Trinajstić information content (AvgIpc) is 2.26. The molecule has 6 heteroatoms. The first kappa shape index (κ1) is 12.0. The van der Waals surface area contributed by atoms with Crippen molar-refractivity contribution < 1.29 is 15.0 Å². The molecule has 82 valence electrons. The third-order valence-electron chi connectivity index (χ3n) is 1.64. The van der Waals surface area contributed by atoms with Crippen molar-refractivity contribution in [2.45, 2.75) is 11.0 Å². The first-order valence-electron chi connectivity index (χ1n) is 4.31. The first-order valence-corrected chi connectivity index (χ1v) is 5.29. The number of thioether (sulfide) groups is 1. The second-order valence-corrected chi connectivity index (χ2v) is 3.98. The molecule has 0 aliphatic rings. The Labute approximate surface area is 91.3 Å². The molecule has 15 heavy (non-hydrogen) atoms. The molecule has 1 aromatic rings. The van der Waals surface area contributed by atoms with Gasteiger partial charge >= 0.3 is 0 Å². The number of aromatic nitrogens is 1. The van der Waals surface area contributed by atoms with Crippen molar-refractivity contribution in [1.29, 1.82) is 0 Å². The normalized spacial score (nSPS) is 12.4. The van der Waals surface area contributed by atoms with E-state index in [1.165, 1.54) is 18.0 Å². The summed E-state index contributed by atoms with van der Waals surface area (Å²) in [6, 6.07) is 3.26. The lowest BCUT2D eigenvalue weighted by Crippen LogP contribution is -2.15. The zero-order valence-corrected chi connectivity index (χ0v) is 8.78. The Kier molecular flexibility index (Phi) is 4.54. The molecule has 0 saturated heterocycles. The van der Waals surface area contributed by atoms with Gasteiger partial charge in [-0.3, -0.25) is 9.78 Å². The number of aliphatic hydroxyl groups excluding tert-OH is 2. The summed E-state index contributed by atoms with van der Waals surface area (Å²) < 4.78 is 0. The van der Waals surface area contributed by atoms with Crippen LogP contribution in [0.1, 0.15) is 10.5 Å². The van der Waals surface area contributed by atoms with Crippen molar-refractivity contribution in [3.8, 4) is 0 Å². The van der Waals surface area contributed by atoms with Crippen molar-refractivity contribution in [2.24, 2.45) is 5.73 Å². The molecule has 0 spiro atoms. The molecule has 5 nitrogen and oxygen atoms in total. The van der Waals surface area contributed by atoms with Gasteiger partial charge in [0, 0.05) is 16.8 Å². The number of aliphatic hydroxyl groups is 2. The molecule has 0 radical (unpaired) electrons. The zero-order valence-electron chi connectivity index (χ0n) is 7.96. The quantitative estimate of drug-likeness (QED) is 0.597. The van der Waals surface area contributed by atoms with Crippen molar-refractivity contribution in [1.82, 2.24) is 4.98 Å². The molecule has 1 amide bonds. The minimum absolute atomic E-state index is 0.193. The van der Waals surface area contributed by atoms with E-state index in [4.69, 9.17) is 15.9 Å². The SMILES string of the molecule is NC(=O)c1cc(SCC(O)CO)ccn1. The third-order valence-corrected chi connectivity index (χ3v) is 2.78. The third kappa shape index (κ3) is 3.86. The van der Waals surface area contributed by atoms with E-state index >= 15 is 0 Å². The van der Waals surface area contributed by atoms with Gasteiger partial charge in [-0.15, -0.1) is 11.8 Å². The van der Waals surface area contributed by atoms with E-state index in [1.54, 1.807) is 12.1 Å². The van der Waals surface area contributed by atoms with Gasteiger partial charge in [-0.2, -0.15) is 0 Å². The van der Waals surface area contributed by atoms with E-state index in [0.29, 0.717) is 5.75 Å². The lowest BCUT2D eigenvalue weighted by Gasteiger charge is -2.06. The molecule has 1 heterocycles. The maximum atomic E-state index is 10.8. The summed E-state index contributed by atoms with van der Waals surface area (Å²) in [5.74, 6) is -0.223. The number of nitrogens with two attached hydrogens (primary N) is 1. The number of nitrogens with zero attached hydrogens (tertiary/aromatic N) is 1. The van der Waals surface area contributed by atoms with E-state index < -0.39 is 12.0 Å². The van der Waals surface area contributed by atoms with Crippen LogP contribution in [0.15, 0.2) is 23.2 Å². The Morgan fingerprint density at radius 1 is 1.67 bits per heavy atom. The zero-order chi connectivity index (χ0) is 11.3. The maximum absolute atomic E-state index is 10.8. The Balaban J connectivity index is 2.62. The van der Waals surface area contributed by atoms with Crippen molar-refractivity contribution in [3.63, 3.8) is 0 Å². The largest absolute Gasteiger partial charge is 0.394 e. The molecule has 4 N–H and O–H groups in total. The maximum Gasteiger partial charge on any atom is 0.267 e. The van der Waals surface area contributed by atoms with Crippen LogP contribution in [0.3, 0.4) is 0 Å². The lowest BCUT2D eigenvalue weighted by atomic mass is 10.3. The van der Waals surface area contributed by atoms with Crippen LogP contribution >= 0.6 is 11.8 Å². The summed E-state index contributed by atoms with van der Waals surface area (Å²) in [6.07, 6.45) is 0.716. The van der Waals surface area contributed by atoms with E-state index in [2.05, 4.69) is 4.98 Å². The molecular weight excluding hydrogens is 216 g/mol.